The van der Waals surface area contributed by atoms with E-state index >= 15 is 0 Å². The van der Waals surface area contributed by atoms with Gasteiger partial charge in [-0.1, -0.05) is 0 Å². The number of hydrogen-bond acceptors (Lipinski definition) is 2. The average molecular weight is 155 g/mol. The van der Waals surface area contributed by atoms with Crippen LogP contribution in [-0.2, 0) is 4.79 Å². The highest BCUT2D eigenvalue weighted by molar-refractivity contribution is 5.67. The lowest BCUT2D eigenvalue weighted by atomic mass is 10.1. The van der Waals surface area contributed by atoms with Gasteiger partial charge in [0.25, 0.3) is 0 Å². The molecule has 62 valence electrons. The molecular weight excluding hydrogens is 142 g/mol. The third kappa shape index (κ3) is 1.13. The Labute approximate surface area is 65.6 Å². The van der Waals surface area contributed by atoms with Crippen LogP contribution in [0.15, 0.2) is 0 Å². The molecule has 2 aliphatic carbocycles. The van der Waals surface area contributed by atoms with Crippen molar-refractivity contribution in [2.75, 3.05) is 0 Å². The summed E-state index contributed by atoms with van der Waals surface area (Å²) in [5.74, 6) is -0.237. The molecular formula is C8H13NO2. The van der Waals surface area contributed by atoms with E-state index in [1.165, 1.54) is 19.3 Å². The smallest absolute Gasteiger partial charge is 0.304 e. The van der Waals surface area contributed by atoms with Crippen LogP contribution < -0.4 is 5.73 Å². The van der Waals surface area contributed by atoms with Gasteiger partial charge in [-0.3, -0.25) is 4.79 Å². The summed E-state index contributed by atoms with van der Waals surface area (Å²) in [5, 5.41) is 8.47. The van der Waals surface area contributed by atoms with E-state index < -0.39 is 5.97 Å². The van der Waals surface area contributed by atoms with Crippen molar-refractivity contribution < 1.29 is 9.90 Å². The molecule has 1 spiro atoms. The molecule has 2 rings (SSSR count). The summed E-state index contributed by atoms with van der Waals surface area (Å²) >= 11 is 0. The zero-order valence-electron chi connectivity index (χ0n) is 6.42. The highest BCUT2D eigenvalue weighted by Gasteiger charge is 2.64. The van der Waals surface area contributed by atoms with Crippen LogP contribution >= 0.6 is 0 Å². The molecule has 0 aromatic rings. The van der Waals surface area contributed by atoms with Crippen molar-refractivity contribution in [1.82, 2.24) is 0 Å². The monoisotopic (exact) mass is 155 g/mol. The SMILES string of the molecule is N[C@@H](CC(=O)O)C1CC12CC2. The minimum Gasteiger partial charge on any atom is -0.481 e. The molecule has 0 amide bonds. The van der Waals surface area contributed by atoms with Gasteiger partial charge in [-0.05, 0) is 30.6 Å². The van der Waals surface area contributed by atoms with Gasteiger partial charge >= 0.3 is 5.97 Å². The van der Waals surface area contributed by atoms with Gasteiger partial charge < -0.3 is 10.8 Å². The van der Waals surface area contributed by atoms with Crippen LogP contribution in [0.3, 0.4) is 0 Å². The van der Waals surface area contributed by atoms with Crippen molar-refractivity contribution in [1.29, 1.82) is 0 Å². The van der Waals surface area contributed by atoms with E-state index in [1.807, 2.05) is 0 Å². The first-order valence-corrected chi connectivity index (χ1v) is 4.11. The molecule has 0 aromatic heterocycles. The Bertz CT molecular complexity index is 198. The molecule has 1 unspecified atom stereocenters. The summed E-state index contributed by atoms with van der Waals surface area (Å²) in [6, 6.07) is -0.0880. The Hall–Kier alpha value is -0.570. The predicted molar refractivity (Wildman–Crippen MR) is 40.0 cm³/mol. The van der Waals surface area contributed by atoms with Crippen LogP contribution in [0.4, 0.5) is 0 Å². The number of nitrogens with two attached hydrogens (primary N) is 1. The first kappa shape index (κ1) is 7.10. The highest BCUT2D eigenvalue weighted by Crippen LogP contribution is 2.71. The van der Waals surface area contributed by atoms with Gasteiger partial charge in [0.05, 0.1) is 6.42 Å². The fourth-order valence-corrected chi connectivity index (χ4v) is 2.06. The van der Waals surface area contributed by atoms with Gasteiger partial charge in [0.15, 0.2) is 0 Å². The Balaban J connectivity index is 1.82. The Morgan fingerprint density at radius 3 is 2.73 bits per heavy atom. The molecule has 2 atom stereocenters. The van der Waals surface area contributed by atoms with Gasteiger partial charge in [-0.15, -0.1) is 0 Å². The maximum absolute atomic E-state index is 10.3. The largest absolute Gasteiger partial charge is 0.481 e. The lowest BCUT2D eigenvalue weighted by Crippen LogP contribution is -2.26. The predicted octanol–water partition coefficient (Wildman–Crippen LogP) is 0.588. The van der Waals surface area contributed by atoms with Crippen molar-refractivity contribution in [3.05, 3.63) is 0 Å². The molecule has 2 saturated carbocycles. The number of carbonyl (C=O) groups is 1. The van der Waals surface area contributed by atoms with Gasteiger partial charge in [0.2, 0.25) is 0 Å². The van der Waals surface area contributed by atoms with Crippen molar-refractivity contribution >= 4 is 5.97 Å². The second-order valence-corrected chi connectivity index (χ2v) is 3.93. The number of aliphatic carboxylic acids is 1. The van der Waals surface area contributed by atoms with Gasteiger partial charge in [-0.25, -0.2) is 0 Å². The van der Waals surface area contributed by atoms with E-state index in [4.69, 9.17) is 10.8 Å². The van der Waals surface area contributed by atoms with Crippen molar-refractivity contribution in [2.45, 2.75) is 31.7 Å². The molecule has 0 saturated heterocycles. The summed E-state index contributed by atoms with van der Waals surface area (Å²) in [4.78, 5) is 10.3. The standard InChI is InChI=1S/C8H13NO2/c9-6(3-7(10)11)5-4-8(5)1-2-8/h5-6H,1-4,9H2,(H,10,11)/t5?,6-/m0/s1. The van der Waals surface area contributed by atoms with Crippen LogP contribution in [0.2, 0.25) is 0 Å². The first-order valence-electron chi connectivity index (χ1n) is 4.11. The summed E-state index contributed by atoms with van der Waals surface area (Å²) in [7, 11) is 0. The molecule has 11 heavy (non-hydrogen) atoms. The lowest BCUT2D eigenvalue weighted by molar-refractivity contribution is -0.137. The normalized spacial score (nSPS) is 33.4. The van der Waals surface area contributed by atoms with Crippen LogP contribution in [-0.4, -0.2) is 17.1 Å². The van der Waals surface area contributed by atoms with E-state index in [1.54, 1.807) is 0 Å². The minimum absolute atomic E-state index is 0.0880. The topological polar surface area (TPSA) is 63.3 Å². The van der Waals surface area contributed by atoms with Gasteiger partial charge in [0, 0.05) is 6.04 Å². The third-order valence-electron chi connectivity index (χ3n) is 3.07. The molecule has 3 heteroatoms. The van der Waals surface area contributed by atoms with E-state index in [2.05, 4.69) is 0 Å². The van der Waals surface area contributed by atoms with E-state index in [0.717, 1.165) is 0 Å². The molecule has 3 N–H and O–H groups in total. The van der Waals surface area contributed by atoms with Crippen LogP contribution in [0, 0.1) is 11.3 Å². The number of hydrogen-bond donors (Lipinski definition) is 2. The Kier molecular flexibility index (Phi) is 1.27. The third-order valence-corrected chi connectivity index (χ3v) is 3.07. The fourth-order valence-electron chi connectivity index (χ4n) is 2.06. The van der Waals surface area contributed by atoms with Crippen LogP contribution in [0.1, 0.15) is 25.7 Å². The van der Waals surface area contributed by atoms with Crippen LogP contribution in [0.5, 0.6) is 0 Å². The fraction of sp³-hybridized carbons (Fsp3) is 0.875. The Morgan fingerprint density at radius 2 is 2.36 bits per heavy atom. The van der Waals surface area contributed by atoms with E-state index in [0.29, 0.717) is 11.3 Å². The second-order valence-electron chi connectivity index (χ2n) is 3.93. The molecule has 0 bridgehead atoms. The average Bonchev–Trinajstić information content (AvgIpc) is 2.73. The zero-order valence-corrected chi connectivity index (χ0v) is 6.42. The highest BCUT2D eigenvalue weighted by atomic mass is 16.4. The number of carboxylic acids is 1. The zero-order chi connectivity index (χ0) is 8.06. The molecule has 0 radical (unpaired) electrons. The lowest BCUT2D eigenvalue weighted by Gasteiger charge is -2.06. The first-order chi connectivity index (χ1) is 5.14. The van der Waals surface area contributed by atoms with Gasteiger partial charge in [0.1, 0.15) is 0 Å². The summed E-state index contributed by atoms with van der Waals surface area (Å²) in [6.45, 7) is 0. The quantitative estimate of drug-likeness (QED) is 0.627. The van der Waals surface area contributed by atoms with Crippen molar-refractivity contribution in [3.63, 3.8) is 0 Å². The molecule has 0 aromatic carbocycles. The number of rotatable bonds is 3. The maximum Gasteiger partial charge on any atom is 0.304 e. The molecule has 2 aliphatic rings. The molecule has 2 fully saturated rings. The molecule has 3 nitrogen and oxygen atoms in total. The van der Waals surface area contributed by atoms with Crippen molar-refractivity contribution in [3.8, 4) is 0 Å². The Morgan fingerprint density at radius 1 is 1.73 bits per heavy atom. The molecule has 0 heterocycles. The second kappa shape index (κ2) is 1.97. The maximum atomic E-state index is 10.3. The number of carboxylic acid groups (broad SMARTS) is 1. The van der Waals surface area contributed by atoms with E-state index in [9.17, 15) is 4.79 Å². The summed E-state index contributed by atoms with van der Waals surface area (Å²) in [6.07, 6.45) is 3.89. The van der Waals surface area contributed by atoms with E-state index in [-0.39, 0.29) is 12.5 Å². The summed E-state index contributed by atoms with van der Waals surface area (Å²) in [5.41, 5.74) is 6.25. The van der Waals surface area contributed by atoms with Gasteiger partial charge in [-0.2, -0.15) is 0 Å². The molecule has 0 aliphatic heterocycles. The van der Waals surface area contributed by atoms with Crippen molar-refractivity contribution in [2.24, 2.45) is 17.1 Å². The summed E-state index contributed by atoms with van der Waals surface area (Å²) < 4.78 is 0. The minimum atomic E-state index is -0.764. The van der Waals surface area contributed by atoms with Crippen LogP contribution in [0.25, 0.3) is 0 Å².